The van der Waals surface area contributed by atoms with Gasteiger partial charge in [-0.2, -0.15) is 0 Å². The lowest BCUT2D eigenvalue weighted by molar-refractivity contribution is -0.151. The summed E-state index contributed by atoms with van der Waals surface area (Å²) >= 11 is 1.53. The van der Waals surface area contributed by atoms with Crippen molar-refractivity contribution in [3.8, 4) is 0 Å². The normalized spacial score (nSPS) is 13.0. The second kappa shape index (κ2) is 10.0. The molecule has 1 amide bonds. The van der Waals surface area contributed by atoms with Crippen molar-refractivity contribution in [2.75, 3.05) is 13.7 Å². The van der Waals surface area contributed by atoms with E-state index in [0.29, 0.717) is 12.8 Å². The second-order valence-corrected chi connectivity index (χ2v) is 7.31. The van der Waals surface area contributed by atoms with E-state index in [1.54, 1.807) is 0 Å². The summed E-state index contributed by atoms with van der Waals surface area (Å²) in [6.45, 7) is 3.32. The minimum Gasteiger partial charge on any atom is -0.467 e. The van der Waals surface area contributed by atoms with E-state index >= 15 is 0 Å². The molecule has 1 heterocycles. The number of carbonyl (C=O) groups is 3. The maximum absolute atomic E-state index is 12.0. The topological polar surface area (TPSA) is 94.6 Å². The number of carbonyl (C=O) groups excluding carboxylic acids is 3. The smallest absolute Gasteiger partial charge is 0.328 e. The third kappa shape index (κ3) is 6.02. The number of benzene rings is 1. The van der Waals surface area contributed by atoms with Crippen molar-refractivity contribution < 1.29 is 23.9 Å². The Balaban J connectivity index is 1.78. The molecule has 0 saturated carbocycles. The van der Waals surface area contributed by atoms with Crippen LogP contribution in [0.4, 0.5) is 0 Å². The molecule has 0 aliphatic rings. The molecular weight excluding hydrogens is 368 g/mol. The van der Waals surface area contributed by atoms with E-state index in [1.165, 1.54) is 18.4 Å². The van der Waals surface area contributed by atoms with Crippen molar-refractivity contribution in [1.82, 2.24) is 10.3 Å². The Morgan fingerprint density at radius 3 is 2.67 bits per heavy atom. The first-order valence-corrected chi connectivity index (χ1v) is 9.63. The maximum atomic E-state index is 12.0. The van der Waals surface area contributed by atoms with Gasteiger partial charge in [0.05, 0.1) is 28.8 Å². The number of amides is 1. The number of aryl methyl sites for hydroxylation is 1. The first kappa shape index (κ1) is 20.8. The monoisotopic (exact) mass is 392 g/mol. The number of nitrogens with zero attached hydrogens (tertiary/aromatic N) is 1. The molecule has 2 atom stereocenters. The second-order valence-electron chi connectivity index (χ2n) is 6.19. The first-order valence-electron chi connectivity index (χ1n) is 8.81. The number of ether oxygens (including phenoxy) is 2. The Hall–Kier alpha value is -2.48. The zero-order valence-corrected chi connectivity index (χ0v) is 16.5. The fourth-order valence-corrected chi connectivity index (χ4v) is 3.43. The van der Waals surface area contributed by atoms with E-state index in [9.17, 15) is 14.4 Å². The number of esters is 2. The molecule has 27 heavy (non-hydrogen) atoms. The lowest BCUT2D eigenvalue weighted by Crippen LogP contribution is -2.47. The highest BCUT2D eigenvalue weighted by Gasteiger charge is 2.26. The van der Waals surface area contributed by atoms with Gasteiger partial charge < -0.3 is 14.8 Å². The molecule has 0 radical (unpaired) electrons. The molecule has 0 aliphatic heterocycles. The van der Waals surface area contributed by atoms with E-state index in [1.807, 2.05) is 38.1 Å². The summed E-state index contributed by atoms with van der Waals surface area (Å²) in [6, 6.07) is 7.01. The molecule has 0 spiro atoms. The standard InChI is InChI=1S/C19H24N2O5S/c1-4-12(2)18(19(24)25-3)21-15(22)11-26-17(23)10-9-16-20-13-7-5-6-8-14(13)27-16/h5-8,12,18H,4,9-11H2,1-3H3,(H,21,22)/t12-,18-/m1/s1. The highest BCUT2D eigenvalue weighted by molar-refractivity contribution is 7.18. The number of para-hydroxylation sites is 1. The fourth-order valence-electron chi connectivity index (χ4n) is 2.47. The minimum absolute atomic E-state index is 0.0869. The molecule has 0 aliphatic carbocycles. The Morgan fingerprint density at radius 2 is 2.00 bits per heavy atom. The zero-order chi connectivity index (χ0) is 19.8. The molecule has 2 rings (SSSR count). The van der Waals surface area contributed by atoms with Crippen LogP contribution in [-0.4, -0.2) is 42.6 Å². The van der Waals surface area contributed by atoms with Gasteiger partial charge in [-0.25, -0.2) is 9.78 Å². The van der Waals surface area contributed by atoms with E-state index < -0.39 is 30.5 Å². The third-order valence-electron chi connectivity index (χ3n) is 4.23. The molecule has 2 aromatic rings. The van der Waals surface area contributed by atoms with Crippen molar-refractivity contribution in [1.29, 1.82) is 0 Å². The molecular formula is C19H24N2O5S. The number of nitrogens with one attached hydrogen (secondary N) is 1. The first-order chi connectivity index (χ1) is 12.9. The summed E-state index contributed by atoms with van der Waals surface area (Å²) in [6.07, 6.45) is 1.29. The summed E-state index contributed by atoms with van der Waals surface area (Å²) in [4.78, 5) is 40.1. The average Bonchev–Trinajstić information content (AvgIpc) is 3.10. The maximum Gasteiger partial charge on any atom is 0.328 e. The molecule has 146 valence electrons. The predicted molar refractivity (Wildman–Crippen MR) is 102 cm³/mol. The van der Waals surface area contributed by atoms with Crippen LogP contribution in [0.5, 0.6) is 0 Å². The van der Waals surface area contributed by atoms with Gasteiger partial charge in [0.25, 0.3) is 5.91 Å². The molecule has 1 aromatic carbocycles. The number of thiazole rings is 1. The molecule has 0 fully saturated rings. The van der Waals surface area contributed by atoms with Crippen molar-refractivity contribution >= 4 is 39.4 Å². The number of aromatic nitrogens is 1. The summed E-state index contributed by atoms with van der Waals surface area (Å²) < 4.78 is 10.8. The van der Waals surface area contributed by atoms with Gasteiger partial charge in [-0.1, -0.05) is 32.4 Å². The van der Waals surface area contributed by atoms with E-state index in [0.717, 1.165) is 15.2 Å². The number of fused-ring (bicyclic) bond motifs is 1. The molecule has 0 unspecified atom stereocenters. The van der Waals surface area contributed by atoms with Crippen LogP contribution in [0.25, 0.3) is 10.2 Å². The van der Waals surface area contributed by atoms with Gasteiger partial charge >= 0.3 is 11.9 Å². The van der Waals surface area contributed by atoms with Crippen LogP contribution in [0.15, 0.2) is 24.3 Å². The fraction of sp³-hybridized carbons (Fsp3) is 0.474. The zero-order valence-electron chi connectivity index (χ0n) is 15.7. The van der Waals surface area contributed by atoms with Crippen LogP contribution in [0.3, 0.4) is 0 Å². The highest BCUT2D eigenvalue weighted by atomic mass is 32.1. The quantitative estimate of drug-likeness (QED) is 0.659. The van der Waals surface area contributed by atoms with Gasteiger partial charge in [-0.15, -0.1) is 11.3 Å². The molecule has 1 N–H and O–H groups in total. The van der Waals surface area contributed by atoms with Crippen LogP contribution in [0.2, 0.25) is 0 Å². The Labute approximate surface area is 162 Å². The third-order valence-corrected chi connectivity index (χ3v) is 5.33. The van der Waals surface area contributed by atoms with Crippen LogP contribution < -0.4 is 5.32 Å². The Bertz CT molecular complexity index is 771. The summed E-state index contributed by atoms with van der Waals surface area (Å²) in [5, 5.41) is 3.41. The molecule has 0 bridgehead atoms. The van der Waals surface area contributed by atoms with Gasteiger partial charge in [-0.3, -0.25) is 9.59 Å². The number of hydrogen-bond acceptors (Lipinski definition) is 7. The summed E-state index contributed by atoms with van der Waals surface area (Å²) in [5.41, 5.74) is 0.907. The lowest BCUT2D eigenvalue weighted by atomic mass is 9.99. The SMILES string of the molecule is CC[C@@H](C)[C@@H](NC(=O)COC(=O)CCc1nc2ccccc2s1)C(=O)OC. The molecule has 8 heteroatoms. The van der Waals surface area contributed by atoms with Gasteiger partial charge in [-0.05, 0) is 18.1 Å². The van der Waals surface area contributed by atoms with E-state index in [2.05, 4.69) is 10.3 Å². The van der Waals surface area contributed by atoms with Crippen molar-refractivity contribution in [3.63, 3.8) is 0 Å². The van der Waals surface area contributed by atoms with Crippen molar-refractivity contribution in [2.24, 2.45) is 5.92 Å². The average molecular weight is 392 g/mol. The van der Waals surface area contributed by atoms with E-state index in [4.69, 9.17) is 9.47 Å². The number of hydrogen-bond donors (Lipinski definition) is 1. The van der Waals surface area contributed by atoms with Crippen LogP contribution >= 0.6 is 11.3 Å². The molecule has 7 nitrogen and oxygen atoms in total. The summed E-state index contributed by atoms with van der Waals surface area (Å²) in [5.74, 6) is -1.61. The van der Waals surface area contributed by atoms with Crippen LogP contribution in [-0.2, 0) is 30.3 Å². The van der Waals surface area contributed by atoms with Crippen molar-refractivity contribution in [3.05, 3.63) is 29.3 Å². The van der Waals surface area contributed by atoms with Gasteiger partial charge in [0, 0.05) is 6.42 Å². The molecule has 1 aromatic heterocycles. The lowest BCUT2D eigenvalue weighted by Gasteiger charge is -2.21. The van der Waals surface area contributed by atoms with Crippen LogP contribution in [0.1, 0.15) is 31.7 Å². The van der Waals surface area contributed by atoms with Gasteiger partial charge in [0.1, 0.15) is 6.04 Å². The van der Waals surface area contributed by atoms with Crippen LogP contribution in [0, 0.1) is 5.92 Å². The number of methoxy groups -OCH3 is 1. The Kier molecular flexibility index (Phi) is 7.72. The summed E-state index contributed by atoms with van der Waals surface area (Å²) in [7, 11) is 1.27. The highest BCUT2D eigenvalue weighted by Crippen LogP contribution is 2.22. The van der Waals surface area contributed by atoms with Gasteiger partial charge in [0.2, 0.25) is 0 Å². The minimum atomic E-state index is -0.756. The van der Waals surface area contributed by atoms with E-state index in [-0.39, 0.29) is 12.3 Å². The predicted octanol–water partition coefficient (Wildman–Crippen LogP) is 2.48. The van der Waals surface area contributed by atoms with Crippen molar-refractivity contribution in [2.45, 2.75) is 39.2 Å². The largest absolute Gasteiger partial charge is 0.467 e. The number of rotatable bonds is 9. The van der Waals surface area contributed by atoms with Gasteiger partial charge in [0.15, 0.2) is 6.61 Å². The molecule has 0 saturated heterocycles. The Morgan fingerprint density at radius 1 is 1.26 bits per heavy atom.